The molecule has 4 heteroatoms. The second kappa shape index (κ2) is 5.70. The number of hydrogen-bond donors (Lipinski definition) is 0. The van der Waals surface area contributed by atoms with Gasteiger partial charge in [-0.2, -0.15) is 0 Å². The molecule has 0 saturated heterocycles. The van der Waals surface area contributed by atoms with E-state index in [1.807, 2.05) is 10.8 Å². The van der Waals surface area contributed by atoms with Crippen molar-refractivity contribution >= 4 is 11.6 Å². The molecule has 0 amide bonds. The fourth-order valence-electron chi connectivity index (χ4n) is 2.16. The lowest BCUT2D eigenvalue weighted by atomic mass is 10.1. The molecule has 21 heavy (non-hydrogen) atoms. The van der Waals surface area contributed by atoms with E-state index in [9.17, 15) is 4.39 Å². The van der Waals surface area contributed by atoms with E-state index in [4.69, 9.17) is 11.6 Å². The first-order valence-corrected chi connectivity index (χ1v) is 7.02. The number of nitrogens with zero attached hydrogens (tertiary/aromatic N) is 2. The molecule has 0 atom stereocenters. The van der Waals surface area contributed by atoms with Crippen molar-refractivity contribution in [1.29, 1.82) is 0 Å². The van der Waals surface area contributed by atoms with Gasteiger partial charge in [0.1, 0.15) is 5.82 Å². The van der Waals surface area contributed by atoms with E-state index in [2.05, 4.69) is 36.2 Å². The molecule has 0 N–H and O–H groups in total. The molecular formula is C17H14ClFN2. The summed E-state index contributed by atoms with van der Waals surface area (Å²) in [6.45, 7) is 2.80. The SMILES string of the molecule is Cc1ccc(Cn2cnc(-c3ccc(Cl)c(F)c3)c2)cc1. The molecule has 3 rings (SSSR count). The van der Waals surface area contributed by atoms with Gasteiger partial charge in [0.2, 0.25) is 0 Å². The van der Waals surface area contributed by atoms with E-state index in [0.717, 1.165) is 17.8 Å². The summed E-state index contributed by atoms with van der Waals surface area (Å²) in [5, 5.41) is 0.123. The number of halogens is 2. The van der Waals surface area contributed by atoms with E-state index in [-0.39, 0.29) is 5.02 Å². The van der Waals surface area contributed by atoms with Gasteiger partial charge in [0, 0.05) is 18.3 Å². The molecule has 0 aliphatic carbocycles. The minimum Gasteiger partial charge on any atom is -0.332 e. The van der Waals surface area contributed by atoms with Gasteiger partial charge in [0.05, 0.1) is 17.0 Å². The maximum absolute atomic E-state index is 13.5. The molecule has 2 aromatic carbocycles. The standard InChI is InChI=1S/C17H14ClFN2/c1-12-2-4-13(5-3-12)9-21-10-17(20-11-21)14-6-7-15(18)16(19)8-14/h2-8,10-11H,9H2,1H3. The van der Waals surface area contributed by atoms with Crippen LogP contribution < -0.4 is 0 Å². The highest BCUT2D eigenvalue weighted by Crippen LogP contribution is 2.23. The molecular weight excluding hydrogens is 287 g/mol. The van der Waals surface area contributed by atoms with Gasteiger partial charge in [-0.3, -0.25) is 0 Å². The summed E-state index contributed by atoms with van der Waals surface area (Å²) in [6, 6.07) is 13.1. The Morgan fingerprint density at radius 2 is 1.90 bits per heavy atom. The van der Waals surface area contributed by atoms with Gasteiger partial charge < -0.3 is 4.57 Å². The number of aromatic nitrogens is 2. The van der Waals surface area contributed by atoms with Crippen molar-refractivity contribution in [3.63, 3.8) is 0 Å². The Bertz CT molecular complexity index is 763. The highest BCUT2D eigenvalue weighted by Gasteiger charge is 2.06. The first-order chi connectivity index (χ1) is 10.1. The normalized spacial score (nSPS) is 10.8. The van der Waals surface area contributed by atoms with Crippen LogP contribution in [0.5, 0.6) is 0 Å². The monoisotopic (exact) mass is 300 g/mol. The van der Waals surface area contributed by atoms with E-state index >= 15 is 0 Å². The van der Waals surface area contributed by atoms with Crippen LogP contribution in [0.3, 0.4) is 0 Å². The van der Waals surface area contributed by atoms with Crippen LogP contribution in [-0.4, -0.2) is 9.55 Å². The molecule has 0 unspecified atom stereocenters. The van der Waals surface area contributed by atoms with Crippen LogP contribution in [0.25, 0.3) is 11.3 Å². The summed E-state index contributed by atoms with van der Waals surface area (Å²) in [7, 11) is 0. The Morgan fingerprint density at radius 3 is 2.62 bits per heavy atom. The lowest BCUT2D eigenvalue weighted by Gasteiger charge is -2.03. The van der Waals surface area contributed by atoms with Crippen molar-refractivity contribution < 1.29 is 4.39 Å². The molecule has 106 valence electrons. The van der Waals surface area contributed by atoms with Crippen molar-refractivity contribution in [3.05, 3.63) is 77.0 Å². The fraction of sp³-hybridized carbons (Fsp3) is 0.118. The minimum atomic E-state index is -0.428. The molecule has 1 heterocycles. The van der Waals surface area contributed by atoms with Crippen LogP contribution in [0.15, 0.2) is 55.0 Å². The second-order valence-electron chi connectivity index (χ2n) is 5.05. The van der Waals surface area contributed by atoms with Gasteiger partial charge in [-0.1, -0.05) is 47.5 Å². The van der Waals surface area contributed by atoms with E-state index in [1.54, 1.807) is 18.5 Å². The lowest BCUT2D eigenvalue weighted by molar-refractivity contribution is 0.628. The summed E-state index contributed by atoms with van der Waals surface area (Å²) in [4.78, 5) is 4.32. The van der Waals surface area contributed by atoms with Gasteiger partial charge >= 0.3 is 0 Å². The number of rotatable bonds is 3. The third-order valence-corrected chi connectivity index (χ3v) is 3.64. The number of aryl methyl sites for hydroxylation is 1. The minimum absolute atomic E-state index is 0.123. The molecule has 0 fully saturated rings. The van der Waals surface area contributed by atoms with Crippen LogP contribution in [-0.2, 0) is 6.54 Å². The molecule has 0 spiro atoms. The van der Waals surface area contributed by atoms with Crippen molar-refractivity contribution in [3.8, 4) is 11.3 Å². The van der Waals surface area contributed by atoms with E-state index in [0.29, 0.717) is 0 Å². The summed E-state index contributed by atoms with van der Waals surface area (Å²) in [6.07, 6.45) is 3.66. The Morgan fingerprint density at radius 1 is 1.14 bits per heavy atom. The van der Waals surface area contributed by atoms with Crippen LogP contribution >= 0.6 is 11.6 Å². The number of hydrogen-bond acceptors (Lipinski definition) is 1. The zero-order valence-corrected chi connectivity index (χ0v) is 12.3. The fourth-order valence-corrected chi connectivity index (χ4v) is 2.27. The Kier molecular flexibility index (Phi) is 3.76. The summed E-state index contributed by atoms with van der Waals surface area (Å²) in [5.74, 6) is -0.428. The average molecular weight is 301 g/mol. The Hall–Kier alpha value is -2.13. The smallest absolute Gasteiger partial charge is 0.142 e. The number of benzene rings is 2. The summed E-state index contributed by atoms with van der Waals surface area (Å²) in [5.41, 5.74) is 3.89. The first-order valence-electron chi connectivity index (χ1n) is 6.64. The zero-order valence-electron chi connectivity index (χ0n) is 11.6. The molecule has 2 nitrogen and oxygen atoms in total. The molecule has 0 radical (unpaired) electrons. The lowest BCUT2D eigenvalue weighted by Crippen LogP contribution is -1.95. The Balaban J connectivity index is 1.82. The van der Waals surface area contributed by atoms with E-state index in [1.165, 1.54) is 17.2 Å². The molecule has 0 saturated carbocycles. The maximum atomic E-state index is 13.5. The van der Waals surface area contributed by atoms with Crippen molar-refractivity contribution in [2.45, 2.75) is 13.5 Å². The van der Waals surface area contributed by atoms with E-state index < -0.39 is 5.82 Å². The summed E-state index contributed by atoms with van der Waals surface area (Å²) >= 11 is 5.69. The number of imidazole rings is 1. The van der Waals surface area contributed by atoms with Crippen LogP contribution in [0.4, 0.5) is 4.39 Å². The second-order valence-corrected chi connectivity index (χ2v) is 5.45. The van der Waals surface area contributed by atoms with Gasteiger partial charge in [0.25, 0.3) is 0 Å². The van der Waals surface area contributed by atoms with Crippen LogP contribution in [0.2, 0.25) is 5.02 Å². The molecule has 0 aliphatic heterocycles. The Labute approximate surface area is 127 Å². The average Bonchev–Trinajstić information content (AvgIpc) is 2.93. The summed E-state index contributed by atoms with van der Waals surface area (Å²) < 4.78 is 15.5. The maximum Gasteiger partial charge on any atom is 0.142 e. The quantitative estimate of drug-likeness (QED) is 0.685. The topological polar surface area (TPSA) is 17.8 Å². The molecule has 1 aromatic heterocycles. The zero-order chi connectivity index (χ0) is 14.8. The predicted octanol–water partition coefficient (Wildman–Crippen LogP) is 4.70. The van der Waals surface area contributed by atoms with Crippen molar-refractivity contribution in [2.24, 2.45) is 0 Å². The molecule has 3 aromatic rings. The molecule has 0 bridgehead atoms. The molecule has 0 aliphatic rings. The van der Waals surface area contributed by atoms with Gasteiger partial charge in [-0.15, -0.1) is 0 Å². The first kappa shape index (κ1) is 13.8. The van der Waals surface area contributed by atoms with Crippen molar-refractivity contribution in [1.82, 2.24) is 9.55 Å². The van der Waals surface area contributed by atoms with Gasteiger partial charge in [-0.25, -0.2) is 9.37 Å². The highest BCUT2D eigenvalue weighted by atomic mass is 35.5. The third-order valence-electron chi connectivity index (χ3n) is 3.33. The van der Waals surface area contributed by atoms with Crippen LogP contribution in [0, 0.1) is 12.7 Å². The van der Waals surface area contributed by atoms with Crippen LogP contribution in [0.1, 0.15) is 11.1 Å². The van der Waals surface area contributed by atoms with Crippen molar-refractivity contribution in [2.75, 3.05) is 0 Å². The highest BCUT2D eigenvalue weighted by molar-refractivity contribution is 6.30. The largest absolute Gasteiger partial charge is 0.332 e. The predicted molar refractivity (Wildman–Crippen MR) is 82.9 cm³/mol. The third kappa shape index (κ3) is 3.14. The van der Waals surface area contributed by atoms with Gasteiger partial charge in [0.15, 0.2) is 0 Å². The van der Waals surface area contributed by atoms with Gasteiger partial charge in [-0.05, 0) is 24.6 Å².